The summed E-state index contributed by atoms with van der Waals surface area (Å²) in [5.74, 6) is -1.04. The molecule has 1 amide bonds. The second kappa shape index (κ2) is 3.75. The van der Waals surface area contributed by atoms with Crippen LogP contribution in [-0.2, 0) is 11.3 Å². The number of amides is 1. The summed E-state index contributed by atoms with van der Waals surface area (Å²) in [7, 11) is 0. The molecule has 1 rings (SSSR count). The molecule has 0 aromatic carbocycles. The van der Waals surface area contributed by atoms with E-state index in [0.29, 0.717) is 0 Å². The van der Waals surface area contributed by atoms with Gasteiger partial charge in [0.1, 0.15) is 11.3 Å². The topological polar surface area (TPSA) is 79.5 Å². The number of carboxylic acid groups (broad SMARTS) is 1. The highest BCUT2D eigenvalue weighted by molar-refractivity contribution is 5.88. The number of carboxylic acids is 1. The Bertz CT molecular complexity index is 329. The van der Waals surface area contributed by atoms with Crippen molar-refractivity contribution in [1.82, 2.24) is 5.32 Å². The molecule has 0 aliphatic rings. The van der Waals surface area contributed by atoms with Gasteiger partial charge in [0, 0.05) is 6.92 Å². The van der Waals surface area contributed by atoms with Crippen LogP contribution in [0.15, 0.2) is 16.7 Å². The lowest BCUT2D eigenvalue weighted by atomic mass is 10.2. The lowest BCUT2D eigenvalue weighted by Gasteiger charge is -1.99. The number of hydrogen-bond donors (Lipinski definition) is 2. The quantitative estimate of drug-likeness (QED) is 0.719. The van der Waals surface area contributed by atoms with Gasteiger partial charge in [-0.2, -0.15) is 0 Å². The average molecular weight is 183 g/mol. The van der Waals surface area contributed by atoms with Gasteiger partial charge in [0.25, 0.3) is 0 Å². The van der Waals surface area contributed by atoms with Crippen molar-refractivity contribution in [2.75, 3.05) is 0 Å². The molecule has 0 saturated heterocycles. The molecule has 0 aliphatic heterocycles. The summed E-state index contributed by atoms with van der Waals surface area (Å²) in [5, 5.41) is 11.1. The van der Waals surface area contributed by atoms with Crippen molar-refractivity contribution in [3.8, 4) is 0 Å². The third kappa shape index (κ3) is 2.33. The van der Waals surface area contributed by atoms with E-state index in [4.69, 9.17) is 9.52 Å². The van der Waals surface area contributed by atoms with E-state index >= 15 is 0 Å². The van der Waals surface area contributed by atoms with Crippen LogP contribution >= 0.6 is 0 Å². The molecule has 2 N–H and O–H groups in total. The van der Waals surface area contributed by atoms with Gasteiger partial charge in [-0.3, -0.25) is 4.79 Å². The minimum absolute atomic E-state index is 0.0775. The van der Waals surface area contributed by atoms with E-state index < -0.39 is 5.97 Å². The smallest absolute Gasteiger partial charge is 0.339 e. The fraction of sp³-hybridized carbons (Fsp3) is 0.250. The van der Waals surface area contributed by atoms with Gasteiger partial charge in [0.05, 0.1) is 12.8 Å². The van der Waals surface area contributed by atoms with Crippen molar-refractivity contribution in [3.63, 3.8) is 0 Å². The van der Waals surface area contributed by atoms with Gasteiger partial charge in [-0.15, -0.1) is 0 Å². The number of nitrogens with one attached hydrogen (secondary N) is 1. The molecular weight excluding hydrogens is 174 g/mol. The molecule has 0 radical (unpaired) electrons. The Balaban J connectivity index is 2.71. The van der Waals surface area contributed by atoms with E-state index in [1.807, 2.05) is 0 Å². The standard InChI is InChI=1S/C8H9NO4/c1-5(10)9-4-7-6(8(11)12)2-3-13-7/h2-3H,4H2,1H3,(H,9,10)(H,11,12). The number of carbonyl (C=O) groups is 2. The summed E-state index contributed by atoms with van der Waals surface area (Å²) in [6.07, 6.45) is 1.28. The Morgan fingerprint density at radius 2 is 2.31 bits per heavy atom. The fourth-order valence-electron chi connectivity index (χ4n) is 0.873. The molecule has 1 aromatic rings. The minimum Gasteiger partial charge on any atom is -0.478 e. The zero-order valence-electron chi connectivity index (χ0n) is 7.03. The Kier molecular flexibility index (Phi) is 2.69. The van der Waals surface area contributed by atoms with Gasteiger partial charge < -0.3 is 14.8 Å². The van der Waals surface area contributed by atoms with Gasteiger partial charge in [-0.05, 0) is 6.07 Å². The number of carbonyl (C=O) groups excluding carboxylic acids is 1. The summed E-state index contributed by atoms with van der Waals surface area (Å²) >= 11 is 0. The van der Waals surface area contributed by atoms with Crippen LogP contribution in [0.3, 0.4) is 0 Å². The zero-order chi connectivity index (χ0) is 9.84. The van der Waals surface area contributed by atoms with Gasteiger partial charge in [-0.1, -0.05) is 0 Å². The minimum atomic E-state index is -1.06. The second-order valence-electron chi connectivity index (χ2n) is 2.47. The number of rotatable bonds is 3. The Hall–Kier alpha value is -1.78. The van der Waals surface area contributed by atoms with E-state index in [-0.39, 0.29) is 23.8 Å². The van der Waals surface area contributed by atoms with E-state index in [9.17, 15) is 9.59 Å². The maximum atomic E-state index is 10.6. The first-order valence-electron chi connectivity index (χ1n) is 3.65. The molecule has 0 saturated carbocycles. The van der Waals surface area contributed by atoms with Crippen LogP contribution in [0.5, 0.6) is 0 Å². The molecule has 0 fully saturated rings. The van der Waals surface area contributed by atoms with Crippen LogP contribution in [0.4, 0.5) is 0 Å². The van der Waals surface area contributed by atoms with Crippen LogP contribution in [0.1, 0.15) is 23.0 Å². The molecule has 1 aromatic heterocycles. The largest absolute Gasteiger partial charge is 0.478 e. The van der Waals surface area contributed by atoms with Gasteiger partial charge in [-0.25, -0.2) is 4.79 Å². The lowest BCUT2D eigenvalue weighted by Crippen LogP contribution is -2.19. The normalized spacial score (nSPS) is 9.62. The molecule has 13 heavy (non-hydrogen) atoms. The molecule has 0 aliphatic carbocycles. The first-order chi connectivity index (χ1) is 6.11. The fourth-order valence-corrected chi connectivity index (χ4v) is 0.873. The van der Waals surface area contributed by atoms with Gasteiger partial charge in [0.15, 0.2) is 0 Å². The summed E-state index contributed by atoms with van der Waals surface area (Å²) in [6, 6.07) is 1.35. The molecular formula is C8H9NO4. The van der Waals surface area contributed by atoms with Crippen molar-refractivity contribution in [1.29, 1.82) is 0 Å². The zero-order valence-corrected chi connectivity index (χ0v) is 7.03. The Morgan fingerprint density at radius 3 is 2.85 bits per heavy atom. The average Bonchev–Trinajstić information content (AvgIpc) is 2.47. The predicted octanol–water partition coefficient (Wildman–Crippen LogP) is 0.614. The summed E-state index contributed by atoms with van der Waals surface area (Å²) in [6.45, 7) is 1.45. The highest BCUT2D eigenvalue weighted by Crippen LogP contribution is 2.09. The van der Waals surface area contributed by atoms with Crippen molar-refractivity contribution < 1.29 is 19.1 Å². The van der Waals surface area contributed by atoms with Crippen LogP contribution in [-0.4, -0.2) is 17.0 Å². The summed E-state index contributed by atoms with van der Waals surface area (Å²) in [4.78, 5) is 21.1. The van der Waals surface area contributed by atoms with Crippen molar-refractivity contribution in [2.45, 2.75) is 13.5 Å². The van der Waals surface area contributed by atoms with Crippen molar-refractivity contribution in [3.05, 3.63) is 23.7 Å². The van der Waals surface area contributed by atoms with E-state index in [0.717, 1.165) is 0 Å². The molecule has 1 heterocycles. The predicted molar refractivity (Wildman–Crippen MR) is 43.2 cm³/mol. The van der Waals surface area contributed by atoms with Gasteiger partial charge in [0.2, 0.25) is 5.91 Å². The molecule has 5 nitrogen and oxygen atoms in total. The third-order valence-corrected chi connectivity index (χ3v) is 1.47. The molecule has 0 spiro atoms. The molecule has 5 heteroatoms. The lowest BCUT2D eigenvalue weighted by molar-refractivity contribution is -0.119. The second-order valence-corrected chi connectivity index (χ2v) is 2.47. The molecule has 0 bridgehead atoms. The van der Waals surface area contributed by atoms with E-state index in [1.165, 1.54) is 19.3 Å². The van der Waals surface area contributed by atoms with E-state index in [1.54, 1.807) is 0 Å². The van der Waals surface area contributed by atoms with Crippen LogP contribution in [0.2, 0.25) is 0 Å². The number of hydrogen-bond acceptors (Lipinski definition) is 3. The van der Waals surface area contributed by atoms with E-state index in [2.05, 4.69) is 5.32 Å². The van der Waals surface area contributed by atoms with Crippen LogP contribution < -0.4 is 5.32 Å². The maximum absolute atomic E-state index is 10.6. The molecule has 0 atom stereocenters. The maximum Gasteiger partial charge on any atom is 0.339 e. The van der Waals surface area contributed by atoms with Gasteiger partial charge >= 0.3 is 5.97 Å². The first kappa shape index (κ1) is 9.31. The highest BCUT2D eigenvalue weighted by Gasteiger charge is 2.12. The number of furan rings is 1. The summed E-state index contributed by atoms with van der Waals surface area (Å²) < 4.78 is 4.88. The van der Waals surface area contributed by atoms with Crippen LogP contribution in [0.25, 0.3) is 0 Å². The Labute approximate surface area is 74.4 Å². The Morgan fingerprint density at radius 1 is 1.62 bits per heavy atom. The SMILES string of the molecule is CC(=O)NCc1occc1C(=O)O. The summed E-state index contributed by atoms with van der Waals surface area (Å²) in [5.41, 5.74) is 0.0775. The van der Waals surface area contributed by atoms with Crippen molar-refractivity contribution in [2.24, 2.45) is 0 Å². The molecule has 70 valence electrons. The van der Waals surface area contributed by atoms with Crippen LogP contribution in [0, 0.1) is 0 Å². The third-order valence-electron chi connectivity index (χ3n) is 1.47. The van der Waals surface area contributed by atoms with Crippen molar-refractivity contribution >= 4 is 11.9 Å². The monoisotopic (exact) mass is 183 g/mol. The highest BCUT2D eigenvalue weighted by atomic mass is 16.4. The first-order valence-corrected chi connectivity index (χ1v) is 3.65. The number of aromatic carboxylic acids is 1. The molecule has 0 unspecified atom stereocenters.